The van der Waals surface area contributed by atoms with Crippen LogP contribution in [0.15, 0.2) is 58.3 Å². The summed E-state index contributed by atoms with van der Waals surface area (Å²) >= 11 is 0. The highest BCUT2D eigenvalue weighted by Gasteiger charge is 2.21. The van der Waals surface area contributed by atoms with Crippen LogP contribution < -0.4 is 22.3 Å². The highest BCUT2D eigenvalue weighted by Crippen LogP contribution is 2.27. The standard InChI is InChI=1S/C22H22N4O10S2/c23-13-5-3-11(19(7-13)37(31,32)33)1-2-12-4-6-14(8-20(12)38(34,35)36)25-26-18-10-15(21(27)28)17(24)9-16(18)22(29)30/h3-10,25-26H,1-2,23-24H2,(H,27,28)(H,29,30)(H,31,32,33)(H,34,35,36). The molecular weight excluding hydrogens is 544 g/mol. The molecule has 0 aliphatic heterocycles. The maximum atomic E-state index is 12.1. The third-order valence-electron chi connectivity index (χ3n) is 5.37. The van der Waals surface area contributed by atoms with Gasteiger partial charge in [0.25, 0.3) is 20.2 Å². The predicted molar refractivity (Wildman–Crippen MR) is 136 cm³/mol. The quantitative estimate of drug-likeness (QED) is 0.0991. The number of benzene rings is 3. The summed E-state index contributed by atoms with van der Waals surface area (Å²) in [4.78, 5) is 21.9. The van der Waals surface area contributed by atoms with Crippen molar-refractivity contribution in [2.75, 3.05) is 22.3 Å². The maximum absolute atomic E-state index is 12.1. The van der Waals surface area contributed by atoms with Crippen LogP contribution in [0.25, 0.3) is 0 Å². The summed E-state index contributed by atoms with van der Waals surface area (Å²) in [6.45, 7) is 0. The summed E-state index contributed by atoms with van der Waals surface area (Å²) < 4.78 is 66.7. The Morgan fingerprint density at radius 2 is 1.24 bits per heavy atom. The summed E-state index contributed by atoms with van der Waals surface area (Å²) in [5.74, 6) is -2.82. The molecule has 0 aliphatic rings. The van der Waals surface area contributed by atoms with Gasteiger partial charge in [-0.3, -0.25) is 14.5 Å². The molecule has 0 unspecified atom stereocenters. The van der Waals surface area contributed by atoms with Crippen molar-refractivity contribution in [2.24, 2.45) is 0 Å². The van der Waals surface area contributed by atoms with Crippen LogP contribution in [0.3, 0.4) is 0 Å². The van der Waals surface area contributed by atoms with E-state index in [9.17, 15) is 45.7 Å². The SMILES string of the molecule is Nc1ccc(CCc2ccc(NNc3cc(C(=O)O)c(N)cc3C(=O)O)cc2S(=O)(=O)O)c(S(=O)(=O)O)c1. The number of carboxylic acids is 2. The fraction of sp³-hybridized carbons (Fsp3) is 0.0909. The first kappa shape index (κ1) is 28.2. The minimum atomic E-state index is -4.78. The lowest BCUT2D eigenvalue weighted by atomic mass is 10.0. The number of aryl methyl sites for hydroxylation is 2. The second-order valence-corrected chi connectivity index (χ2v) is 10.8. The summed E-state index contributed by atoms with van der Waals surface area (Å²) in [5, 5.41) is 18.6. The highest BCUT2D eigenvalue weighted by molar-refractivity contribution is 7.86. The van der Waals surface area contributed by atoms with Gasteiger partial charge in [0.05, 0.1) is 32.3 Å². The molecule has 3 aromatic rings. The molecule has 0 amide bonds. The number of aromatic carboxylic acids is 2. The number of nitrogens with two attached hydrogens (primary N) is 2. The van der Waals surface area contributed by atoms with Gasteiger partial charge in [0.15, 0.2) is 0 Å². The molecule has 0 heterocycles. The Hall–Kier alpha value is -4.38. The second kappa shape index (κ2) is 10.5. The molecule has 3 rings (SSSR count). The molecule has 202 valence electrons. The Morgan fingerprint density at radius 3 is 1.76 bits per heavy atom. The van der Waals surface area contributed by atoms with Crippen LogP contribution in [0.5, 0.6) is 0 Å². The van der Waals surface area contributed by atoms with Crippen LogP contribution in [0.4, 0.5) is 22.7 Å². The smallest absolute Gasteiger partial charge is 0.337 e. The Labute approximate surface area is 216 Å². The van der Waals surface area contributed by atoms with E-state index < -0.39 is 42.0 Å². The van der Waals surface area contributed by atoms with E-state index in [0.29, 0.717) is 0 Å². The number of hydrogen-bond donors (Lipinski definition) is 8. The van der Waals surface area contributed by atoms with Gasteiger partial charge in [0.2, 0.25) is 0 Å². The minimum Gasteiger partial charge on any atom is -0.478 e. The zero-order chi connectivity index (χ0) is 28.4. The van der Waals surface area contributed by atoms with Crippen molar-refractivity contribution in [3.8, 4) is 0 Å². The van der Waals surface area contributed by atoms with E-state index in [1.807, 2.05) is 0 Å². The topological polar surface area (TPSA) is 259 Å². The van der Waals surface area contributed by atoms with E-state index in [2.05, 4.69) is 10.9 Å². The first-order chi connectivity index (χ1) is 17.6. The molecule has 0 fully saturated rings. The average Bonchev–Trinajstić information content (AvgIpc) is 2.81. The Kier molecular flexibility index (Phi) is 7.82. The van der Waals surface area contributed by atoms with E-state index >= 15 is 0 Å². The third kappa shape index (κ3) is 6.48. The van der Waals surface area contributed by atoms with Gasteiger partial charge in [0, 0.05) is 11.4 Å². The third-order valence-corrected chi connectivity index (χ3v) is 7.24. The fourth-order valence-corrected chi connectivity index (χ4v) is 5.15. The van der Waals surface area contributed by atoms with Gasteiger partial charge in [-0.15, -0.1) is 0 Å². The average molecular weight is 567 g/mol. The van der Waals surface area contributed by atoms with Crippen LogP contribution in [0, 0.1) is 0 Å². The van der Waals surface area contributed by atoms with Crippen LogP contribution in [-0.2, 0) is 33.1 Å². The molecule has 0 spiro atoms. The molecule has 10 N–H and O–H groups in total. The lowest BCUT2D eigenvalue weighted by Crippen LogP contribution is -2.16. The number of carbonyl (C=O) groups is 2. The largest absolute Gasteiger partial charge is 0.478 e. The zero-order valence-electron chi connectivity index (χ0n) is 19.2. The first-order valence-electron chi connectivity index (χ1n) is 10.5. The number of nitrogen functional groups attached to an aromatic ring is 2. The van der Waals surface area contributed by atoms with Gasteiger partial charge in [-0.25, -0.2) is 9.59 Å². The maximum Gasteiger partial charge on any atom is 0.337 e. The summed E-state index contributed by atoms with van der Waals surface area (Å²) in [6.07, 6.45) is -0.118. The lowest BCUT2D eigenvalue weighted by Gasteiger charge is -2.16. The number of rotatable bonds is 10. The lowest BCUT2D eigenvalue weighted by molar-refractivity contribution is 0.0683. The van der Waals surface area contributed by atoms with Crippen molar-refractivity contribution in [3.05, 3.63) is 70.8 Å². The van der Waals surface area contributed by atoms with Crippen molar-refractivity contribution >= 4 is 54.9 Å². The number of carboxylic acid groups (broad SMARTS) is 2. The minimum absolute atomic E-state index is 0.0394. The highest BCUT2D eigenvalue weighted by atomic mass is 32.2. The van der Waals surface area contributed by atoms with Gasteiger partial charge in [-0.05, 0) is 60.4 Å². The molecule has 0 aliphatic carbocycles. The number of hydrogen-bond acceptors (Lipinski definition) is 10. The molecule has 0 radical (unpaired) electrons. The molecular formula is C22H22N4O10S2. The van der Waals surface area contributed by atoms with Crippen LogP contribution >= 0.6 is 0 Å². The Morgan fingerprint density at radius 1 is 0.711 bits per heavy atom. The van der Waals surface area contributed by atoms with Crippen molar-refractivity contribution < 1.29 is 45.7 Å². The van der Waals surface area contributed by atoms with Crippen LogP contribution in [-0.4, -0.2) is 48.1 Å². The molecule has 0 atom stereocenters. The molecule has 38 heavy (non-hydrogen) atoms. The van der Waals surface area contributed by atoms with Crippen LogP contribution in [0.2, 0.25) is 0 Å². The van der Waals surface area contributed by atoms with Gasteiger partial charge in [-0.2, -0.15) is 16.8 Å². The summed E-state index contributed by atoms with van der Waals surface area (Å²) in [6, 6.07) is 9.48. The van der Waals surface area contributed by atoms with Crippen molar-refractivity contribution in [1.82, 2.24) is 0 Å². The fourth-order valence-electron chi connectivity index (χ4n) is 3.59. The van der Waals surface area contributed by atoms with Crippen molar-refractivity contribution in [2.45, 2.75) is 22.6 Å². The molecule has 16 heteroatoms. The van der Waals surface area contributed by atoms with Crippen molar-refractivity contribution in [1.29, 1.82) is 0 Å². The number of anilines is 4. The second-order valence-electron chi connectivity index (χ2n) is 7.99. The number of hydrazine groups is 1. The van der Waals surface area contributed by atoms with Gasteiger partial charge >= 0.3 is 11.9 Å². The monoisotopic (exact) mass is 566 g/mol. The summed E-state index contributed by atoms with van der Waals surface area (Å²) in [7, 11) is -9.39. The van der Waals surface area contributed by atoms with Gasteiger partial charge < -0.3 is 27.1 Å². The Bertz CT molecular complexity index is 1650. The Balaban J connectivity index is 1.91. The molecule has 0 saturated heterocycles. The van der Waals surface area contributed by atoms with E-state index in [0.717, 1.165) is 24.3 Å². The summed E-state index contributed by atoms with van der Waals surface area (Å²) in [5.41, 5.74) is 15.4. The molecule has 0 aromatic heterocycles. The van der Waals surface area contributed by atoms with E-state index in [4.69, 9.17) is 11.5 Å². The predicted octanol–water partition coefficient (Wildman–Crippen LogP) is 1.97. The molecule has 14 nitrogen and oxygen atoms in total. The van der Waals surface area contributed by atoms with E-state index in [1.54, 1.807) is 0 Å². The van der Waals surface area contributed by atoms with Crippen molar-refractivity contribution in [3.63, 3.8) is 0 Å². The zero-order valence-corrected chi connectivity index (χ0v) is 20.9. The van der Waals surface area contributed by atoms with Crippen LogP contribution in [0.1, 0.15) is 31.8 Å². The van der Waals surface area contributed by atoms with Gasteiger partial charge in [0.1, 0.15) is 0 Å². The molecule has 3 aromatic carbocycles. The van der Waals surface area contributed by atoms with Gasteiger partial charge in [-0.1, -0.05) is 12.1 Å². The number of nitrogens with one attached hydrogen (secondary N) is 2. The molecule has 0 bridgehead atoms. The first-order valence-corrected chi connectivity index (χ1v) is 13.3. The van der Waals surface area contributed by atoms with E-state index in [-0.39, 0.29) is 57.8 Å². The molecule has 0 saturated carbocycles. The van der Waals surface area contributed by atoms with E-state index in [1.165, 1.54) is 24.3 Å². The normalized spacial score (nSPS) is 11.6.